The highest BCUT2D eigenvalue weighted by atomic mass is 16.5. The van der Waals surface area contributed by atoms with Crippen molar-refractivity contribution in [2.24, 2.45) is 5.73 Å². The first kappa shape index (κ1) is 13.4. The van der Waals surface area contributed by atoms with Crippen molar-refractivity contribution in [2.45, 2.75) is 0 Å². The summed E-state index contributed by atoms with van der Waals surface area (Å²) >= 11 is 0. The van der Waals surface area contributed by atoms with Crippen molar-refractivity contribution in [3.8, 4) is 22.6 Å². The number of carbonyl (C=O) groups is 1. The molecule has 0 aliphatic carbocycles. The van der Waals surface area contributed by atoms with Crippen LogP contribution < -0.4 is 15.8 Å². The van der Waals surface area contributed by atoms with Gasteiger partial charge in [-0.25, -0.2) is 0 Å². The summed E-state index contributed by atoms with van der Waals surface area (Å²) < 4.78 is 5.96. The fraction of sp³-hybridized carbons (Fsp3) is 0. The molecule has 0 radical (unpaired) electrons. The molecule has 3 aromatic rings. The SMILES string of the molecule is NC(=O)c1ccc(-c2cccc3c2Nc2ccccc2O3)cc1. The molecule has 0 unspecified atom stereocenters. The molecule has 4 heteroatoms. The van der Waals surface area contributed by atoms with E-state index in [2.05, 4.69) is 5.32 Å². The summed E-state index contributed by atoms with van der Waals surface area (Å²) in [6, 6.07) is 20.9. The summed E-state index contributed by atoms with van der Waals surface area (Å²) in [4.78, 5) is 11.2. The van der Waals surface area contributed by atoms with Crippen molar-refractivity contribution in [3.05, 3.63) is 72.3 Å². The van der Waals surface area contributed by atoms with Gasteiger partial charge in [0.15, 0.2) is 11.5 Å². The lowest BCUT2D eigenvalue weighted by Crippen LogP contribution is -2.10. The normalized spacial score (nSPS) is 11.7. The molecule has 0 saturated heterocycles. The zero-order chi connectivity index (χ0) is 15.8. The van der Waals surface area contributed by atoms with Gasteiger partial charge in [0.25, 0.3) is 0 Å². The molecule has 0 fully saturated rings. The topological polar surface area (TPSA) is 64.4 Å². The highest BCUT2D eigenvalue weighted by Crippen LogP contribution is 2.46. The smallest absolute Gasteiger partial charge is 0.248 e. The van der Waals surface area contributed by atoms with Crippen LogP contribution in [0.5, 0.6) is 11.5 Å². The number of hydrogen-bond acceptors (Lipinski definition) is 3. The van der Waals surface area contributed by atoms with Crippen molar-refractivity contribution in [1.29, 1.82) is 0 Å². The Morgan fingerprint density at radius 3 is 2.39 bits per heavy atom. The molecule has 1 aliphatic heterocycles. The van der Waals surface area contributed by atoms with Crippen LogP contribution in [0.3, 0.4) is 0 Å². The molecule has 4 rings (SSSR count). The molecule has 0 atom stereocenters. The number of primary amides is 1. The molecule has 1 aliphatic rings. The summed E-state index contributed by atoms with van der Waals surface area (Å²) in [7, 11) is 0. The Hall–Kier alpha value is -3.27. The van der Waals surface area contributed by atoms with Crippen molar-refractivity contribution in [1.82, 2.24) is 0 Å². The first-order valence-corrected chi connectivity index (χ1v) is 7.29. The molecule has 3 aromatic carbocycles. The molecule has 0 bridgehead atoms. The van der Waals surface area contributed by atoms with Crippen molar-refractivity contribution >= 4 is 17.3 Å². The van der Waals surface area contributed by atoms with Gasteiger partial charge in [0.05, 0.1) is 11.4 Å². The van der Waals surface area contributed by atoms with E-state index in [1.165, 1.54) is 0 Å². The molecule has 0 spiro atoms. The Balaban J connectivity index is 1.79. The van der Waals surface area contributed by atoms with Crippen LogP contribution in [0.15, 0.2) is 66.7 Å². The standard InChI is InChI=1S/C19H14N2O2/c20-19(22)13-10-8-12(9-11-13)14-4-3-7-17-18(14)21-15-5-1-2-6-16(15)23-17/h1-11,21H,(H2,20,22). The first-order chi connectivity index (χ1) is 11.2. The van der Waals surface area contributed by atoms with Crippen molar-refractivity contribution < 1.29 is 9.53 Å². The lowest BCUT2D eigenvalue weighted by molar-refractivity contribution is 0.100. The second-order valence-corrected chi connectivity index (χ2v) is 5.34. The van der Waals surface area contributed by atoms with E-state index >= 15 is 0 Å². The zero-order valence-corrected chi connectivity index (χ0v) is 12.2. The molecule has 112 valence electrons. The Bertz CT molecular complexity index is 901. The molecule has 4 nitrogen and oxygen atoms in total. The lowest BCUT2D eigenvalue weighted by Gasteiger charge is -2.24. The second kappa shape index (κ2) is 5.18. The number of amides is 1. The second-order valence-electron chi connectivity index (χ2n) is 5.34. The lowest BCUT2D eigenvalue weighted by atomic mass is 10.0. The number of fused-ring (bicyclic) bond motifs is 2. The Kier molecular flexibility index (Phi) is 3.01. The van der Waals surface area contributed by atoms with Crippen molar-refractivity contribution in [3.63, 3.8) is 0 Å². The molecule has 0 saturated carbocycles. The molecular formula is C19H14N2O2. The van der Waals surface area contributed by atoms with Gasteiger partial charge in [-0.3, -0.25) is 4.79 Å². The van der Waals surface area contributed by atoms with Crippen LogP contribution in [-0.4, -0.2) is 5.91 Å². The maximum atomic E-state index is 11.2. The molecule has 1 amide bonds. The third kappa shape index (κ3) is 2.30. The Labute approximate surface area is 133 Å². The van der Waals surface area contributed by atoms with Gasteiger partial charge in [0.1, 0.15) is 0 Å². The number of ether oxygens (including phenoxy) is 1. The summed E-state index contributed by atoms with van der Waals surface area (Å²) in [6.45, 7) is 0. The average molecular weight is 302 g/mol. The summed E-state index contributed by atoms with van der Waals surface area (Å²) in [6.07, 6.45) is 0. The predicted molar refractivity (Wildman–Crippen MR) is 90.2 cm³/mol. The van der Waals surface area contributed by atoms with Gasteiger partial charge in [-0.1, -0.05) is 36.4 Å². The van der Waals surface area contributed by atoms with Crippen LogP contribution in [-0.2, 0) is 0 Å². The van der Waals surface area contributed by atoms with Gasteiger partial charge in [-0.15, -0.1) is 0 Å². The highest BCUT2D eigenvalue weighted by Gasteiger charge is 2.19. The first-order valence-electron chi connectivity index (χ1n) is 7.29. The number of hydrogen-bond donors (Lipinski definition) is 2. The van der Waals surface area contributed by atoms with Crippen LogP contribution in [0.4, 0.5) is 11.4 Å². The van der Waals surface area contributed by atoms with Gasteiger partial charge >= 0.3 is 0 Å². The summed E-state index contributed by atoms with van der Waals surface area (Å²) in [5.74, 6) is 1.16. The average Bonchev–Trinajstić information content (AvgIpc) is 2.59. The summed E-state index contributed by atoms with van der Waals surface area (Å²) in [5.41, 5.74) is 9.63. The van der Waals surface area contributed by atoms with Gasteiger partial charge in [-0.05, 0) is 35.9 Å². The quantitative estimate of drug-likeness (QED) is 0.580. The van der Waals surface area contributed by atoms with Crippen LogP contribution in [0, 0.1) is 0 Å². The Morgan fingerprint density at radius 1 is 0.870 bits per heavy atom. The fourth-order valence-corrected chi connectivity index (χ4v) is 2.71. The molecule has 3 N–H and O–H groups in total. The van der Waals surface area contributed by atoms with Crippen LogP contribution in [0.1, 0.15) is 10.4 Å². The minimum Gasteiger partial charge on any atom is -0.453 e. The third-order valence-corrected chi connectivity index (χ3v) is 3.87. The van der Waals surface area contributed by atoms with E-state index in [1.54, 1.807) is 12.1 Å². The number of para-hydroxylation sites is 3. The number of carbonyl (C=O) groups excluding carboxylic acids is 1. The minimum absolute atomic E-state index is 0.429. The van der Waals surface area contributed by atoms with Crippen LogP contribution >= 0.6 is 0 Å². The largest absolute Gasteiger partial charge is 0.453 e. The number of anilines is 2. The minimum atomic E-state index is -0.429. The van der Waals surface area contributed by atoms with Crippen LogP contribution in [0.2, 0.25) is 0 Å². The molecule has 23 heavy (non-hydrogen) atoms. The number of nitrogens with one attached hydrogen (secondary N) is 1. The van der Waals surface area contributed by atoms with E-state index in [9.17, 15) is 4.79 Å². The van der Waals surface area contributed by atoms with Crippen molar-refractivity contribution in [2.75, 3.05) is 5.32 Å². The van der Waals surface area contributed by atoms with Gasteiger partial charge in [0.2, 0.25) is 5.91 Å². The van der Waals surface area contributed by atoms with Gasteiger partial charge < -0.3 is 15.8 Å². The predicted octanol–water partition coefficient (Wildman–Crippen LogP) is 4.30. The molecular weight excluding hydrogens is 288 g/mol. The zero-order valence-electron chi connectivity index (χ0n) is 12.2. The third-order valence-electron chi connectivity index (χ3n) is 3.87. The molecule has 1 heterocycles. The van der Waals surface area contributed by atoms with Crippen LogP contribution in [0.25, 0.3) is 11.1 Å². The van der Waals surface area contributed by atoms with Gasteiger partial charge in [0, 0.05) is 11.1 Å². The molecule has 0 aromatic heterocycles. The fourth-order valence-electron chi connectivity index (χ4n) is 2.71. The monoisotopic (exact) mass is 302 g/mol. The van der Waals surface area contributed by atoms with E-state index in [-0.39, 0.29) is 0 Å². The van der Waals surface area contributed by atoms with E-state index in [0.29, 0.717) is 5.56 Å². The van der Waals surface area contributed by atoms with E-state index < -0.39 is 5.91 Å². The maximum Gasteiger partial charge on any atom is 0.248 e. The van der Waals surface area contributed by atoms with Gasteiger partial charge in [-0.2, -0.15) is 0 Å². The Morgan fingerprint density at radius 2 is 1.61 bits per heavy atom. The highest BCUT2D eigenvalue weighted by molar-refractivity contribution is 5.94. The number of rotatable bonds is 2. The maximum absolute atomic E-state index is 11.2. The number of benzene rings is 3. The van der Waals surface area contributed by atoms with E-state index in [1.807, 2.05) is 54.6 Å². The number of nitrogens with two attached hydrogens (primary N) is 1. The van der Waals surface area contributed by atoms with E-state index in [0.717, 1.165) is 34.0 Å². The summed E-state index contributed by atoms with van der Waals surface area (Å²) in [5, 5.41) is 3.43. The van der Waals surface area contributed by atoms with E-state index in [4.69, 9.17) is 10.5 Å².